The smallest absolute Gasteiger partial charge is 0.161 e. The molecule has 6 nitrogen and oxygen atoms in total. The number of methoxy groups -OCH3 is 2. The molecule has 0 saturated carbocycles. The summed E-state index contributed by atoms with van der Waals surface area (Å²) in [6, 6.07) is 28.4. The highest BCUT2D eigenvalue weighted by molar-refractivity contribution is 5.73. The van der Waals surface area contributed by atoms with Gasteiger partial charge < -0.3 is 9.47 Å². The number of rotatable bonds is 6. The molecular weight excluding hydrogens is 436 g/mol. The third kappa shape index (κ3) is 4.20. The van der Waals surface area contributed by atoms with E-state index in [1.54, 1.807) is 14.2 Å². The Morgan fingerprint density at radius 2 is 1.40 bits per heavy atom. The molecule has 6 heteroatoms. The summed E-state index contributed by atoms with van der Waals surface area (Å²) in [7, 11) is 3.25. The van der Waals surface area contributed by atoms with Crippen LogP contribution in [0.1, 0.15) is 11.3 Å². The lowest BCUT2D eigenvalue weighted by Gasteiger charge is -2.10. The third-order valence-corrected chi connectivity index (χ3v) is 6.06. The van der Waals surface area contributed by atoms with E-state index in [0.717, 1.165) is 50.5 Å². The number of nitriles is 1. The summed E-state index contributed by atoms with van der Waals surface area (Å²) in [6.45, 7) is 2.00. The maximum atomic E-state index is 8.88. The zero-order chi connectivity index (χ0) is 24.4. The van der Waals surface area contributed by atoms with Crippen molar-refractivity contribution in [3.63, 3.8) is 0 Å². The van der Waals surface area contributed by atoms with Gasteiger partial charge in [-0.1, -0.05) is 48.5 Å². The maximum absolute atomic E-state index is 8.88. The van der Waals surface area contributed by atoms with Crippen LogP contribution in [0.5, 0.6) is 11.5 Å². The van der Waals surface area contributed by atoms with Crippen molar-refractivity contribution in [2.45, 2.75) is 13.3 Å². The van der Waals surface area contributed by atoms with Gasteiger partial charge in [0.05, 0.1) is 43.8 Å². The van der Waals surface area contributed by atoms with E-state index in [1.165, 1.54) is 0 Å². The van der Waals surface area contributed by atoms with Crippen LogP contribution in [-0.2, 0) is 6.42 Å². The van der Waals surface area contributed by atoms with Crippen molar-refractivity contribution in [1.29, 1.82) is 5.26 Å². The van der Waals surface area contributed by atoms with E-state index in [4.69, 9.17) is 24.8 Å². The average molecular weight is 461 g/mol. The maximum Gasteiger partial charge on any atom is 0.161 e. The van der Waals surface area contributed by atoms with Crippen LogP contribution in [0.25, 0.3) is 39.3 Å². The van der Waals surface area contributed by atoms with E-state index in [2.05, 4.69) is 42.5 Å². The molecule has 5 rings (SSSR count). The lowest BCUT2D eigenvalue weighted by Crippen LogP contribution is -1.98. The normalized spacial score (nSPS) is 10.8. The number of aromatic nitrogens is 3. The molecule has 0 spiro atoms. The zero-order valence-corrected chi connectivity index (χ0v) is 19.8. The van der Waals surface area contributed by atoms with Crippen LogP contribution in [0.4, 0.5) is 0 Å². The SMILES string of the molecule is COc1ccc(-c2ccc3nc(C)c(-c4ccc(-c5ccc(CC#N)cc5)cc4)n3n2)cc1OC. The minimum atomic E-state index is 0.422. The van der Waals surface area contributed by atoms with E-state index < -0.39 is 0 Å². The van der Waals surface area contributed by atoms with Crippen molar-refractivity contribution in [3.05, 3.63) is 90.1 Å². The van der Waals surface area contributed by atoms with Crippen molar-refractivity contribution < 1.29 is 9.47 Å². The fourth-order valence-electron chi connectivity index (χ4n) is 4.25. The van der Waals surface area contributed by atoms with Crippen LogP contribution in [0, 0.1) is 18.3 Å². The van der Waals surface area contributed by atoms with E-state index in [9.17, 15) is 0 Å². The van der Waals surface area contributed by atoms with E-state index >= 15 is 0 Å². The number of hydrogen-bond donors (Lipinski definition) is 0. The summed E-state index contributed by atoms with van der Waals surface area (Å²) >= 11 is 0. The molecule has 0 aliphatic heterocycles. The summed E-state index contributed by atoms with van der Waals surface area (Å²) in [5.74, 6) is 1.33. The van der Waals surface area contributed by atoms with Gasteiger partial charge in [-0.3, -0.25) is 0 Å². The number of hydrogen-bond acceptors (Lipinski definition) is 5. The van der Waals surface area contributed by atoms with Crippen LogP contribution in [0.15, 0.2) is 78.9 Å². The topological polar surface area (TPSA) is 72.4 Å². The predicted molar refractivity (Wildman–Crippen MR) is 136 cm³/mol. The van der Waals surface area contributed by atoms with Crippen molar-refractivity contribution in [2.75, 3.05) is 14.2 Å². The predicted octanol–water partition coefficient (Wildman–Crippen LogP) is 6.12. The molecule has 2 heterocycles. The monoisotopic (exact) mass is 460 g/mol. The number of imidazole rings is 1. The summed E-state index contributed by atoms with van der Waals surface area (Å²) < 4.78 is 12.7. The van der Waals surface area contributed by atoms with Crippen molar-refractivity contribution in [2.24, 2.45) is 0 Å². The van der Waals surface area contributed by atoms with Gasteiger partial charge >= 0.3 is 0 Å². The quantitative estimate of drug-likeness (QED) is 0.305. The van der Waals surface area contributed by atoms with E-state index in [1.807, 2.05) is 53.9 Å². The first-order valence-corrected chi connectivity index (χ1v) is 11.3. The van der Waals surface area contributed by atoms with Gasteiger partial charge in [-0.2, -0.15) is 10.4 Å². The summed E-state index contributed by atoms with van der Waals surface area (Å²) in [6.07, 6.45) is 0.422. The van der Waals surface area contributed by atoms with Crippen LogP contribution >= 0.6 is 0 Å². The number of ether oxygens (including phenoxy) is 2. The van der Waals surface area contributed by atoms with Crippen molar-refractivity contribution >= 4 is 5.65 Å². The minimum Gasteiger partial charge on any atom is -0.493 e. The largest absolute Gasteiger partial charge is 0.493 e. The average Bonchev–Trinajstić information content (AvgIpc) is 3.24. The summed E-state index contributed by atoms with van der Waals surface area (Å²) in [4.78, 5) is 4.72. The first-order chi connectivity index (χ1) is 17.1. The molecule has 0 atom stereocenters. The fraction of sp³-hybridized carbons (Fsp3) is 0.138. The van der Waals surface area contributed by atoms with E-state index in [0.29, 0.717) is 17.9 Å². The first kappa shape index (κ1) is 22.2. The van der Waals surface area contributed by atoms with Crippen LogP contribution in [-0.4, -0.2) is 28.8 Å². The lowest BCUT2D eigenvalue weighted by molar-refractivity contribution is 0.355. The minimum absolute atomic E-state index is 0.422. The molecule has 0 unspecified atom stereocenters. The Balaban J connectivity index is 1.52. The highest BCUT2D eigenvalue weighted by atomic mass is 16.5. The number of fused-ring (bicyclic) bond motifs is 1. The molecule has 0 bridgehead atoms. The molecule has 5 aromatic rings. The highest BCUT2D eigenvalue weighted by Crippen LogP contribution is 2.33. The third-order valence-electron chi connectivity index (χ3n) is 6.06. The second kappa shape index (κ2) is 9.32. The van der Waals surface area contributed by atoms with Gasteiger partial charge in [0.1, 0.15) is 0 Å². The Kier molecular flexibility index (Phi) is 5.90. The molecule has 2 aromatic heterocycles. The van der Waals surface area contributed by atoms with Crippen LogP contribution in [0.3, 0.4) is 0 Å². The van der Waals surface area contributed by atoms with Crippen molar-refractivity contribution in [3.8, 4) is 51.2 Å². The lowest BCUT2D eigenvalue weighted by atomic mass is 10.0. The molecule has 0 saturated heterocycles. The van der Waals surface area contributed by atoms with Gasteiger partial charge in [0, 0.05) is 11.1 Å². The molecule has 172 valence electrons. The zero-order valence-electron chi connectivity index (χ0n) is 19.8. The van der Waals surface area contributed by atoms with Crippen LogP contribution in [0.2, 0.25) is 0 Å². The van der Waals surface area contributed by atoms with Crippen molar-refractivity contribution in [1.82, 2.24) is 14.6 Å². The van der Waals surface area contributed by atoms with Gasteiger partial charge in [0.15, 0.2) is 17.1 Å². The Hall–Kier alpha value is -4.63. The second-order valence-electron chi connectivity index (χ2n) is 8.21. The number of aryl methyl sites for hydroxylation is 1. The molecule has 35 heavy (non-hydrogen) atoms. The molecule has 0 aliphatic rings. The Bertz CT molecular complexity index is 1550. The van der Waals surface area contributed by atoms with Gasteiger partial charge in [-0.15, -0.1) is 0 Å². The van der Waals surface area contributed by atoms with E-state index in [-0.39, 0.29) is 0 Å². The Labute approximate surface area is 204 Å². The molecule has 0 amide bonds. The van der Waals surface area contributed by atoms with Crippen LogP contribution < -0.4 is 9.47 Å². The van der Waals surface area contributed by atoms with Gasteiger partial charge in [0.2, 0.25) is 0 Å². The first-order valence-electron chi connectivity index (χ1n) is 11.3. The highest BCUT2D eigenvalue weighted by Gasteiger charge is 2.15. The summed E-state index contributed by atoms with van der Waals surface area (Å²) in [5, 5.41) is 13.8. The van der Waals surface area contributed by atoms with Gasteiger partial charge in [-0.05, 0) is 53.9 Å². The standard InChI is InChI=1S/C29H24N4O2/c1-19-29(23-10-8-22(9-11-23)21-6-4-20(5-7-21)16-17-30)33-28(31-19)15-13-25(32-33)24-12-14-26(34-2)27(18-24)35-3/h4-15,18H,16H2,1-3H3. The number of benzene rings is 3. The molecule has 3 aromatic carbocycles. The Morgan fingerprint density at radius 1 is 0.771 bits per heavy atom. The Morgan fingerprint density at radius 3 is 2.06 bits per heavy atom. The van der Waals surface area contributed by atoms with Gasteiger partial charge in [-0.25, -0.2) is 9.50 Å². The molecule has 0 aliphatic carbocycles. The molecule has 0 radical (unpaired) electrons. The summed E-state index contributed by atoms with van der Waals surface area (Å²) in [5.41, 5.74) is 8.68. The molecule has 0 fully saturated rings. The van der Waals surface area contributed by atoms with Gasteiger partial charge in [0.25, 0.3) is 0 Å². The fourth-order valence-corrected chi connectivity index (χ4v) is 4.25. The second-order valence-corrected chi connectivity index (χ2v) is 8.21. The number of nitrogens with zero attached hydrogens (tertiary/aromatic N) is 4. The molecule has 0 N–H and O–H groups in total. The molecular formula is C29H24N4O2.